The van der Waals surface area contributed by atoms with Crippen molar-refractivity contribution in [3.63, 3.8) is 0 Å². The van der Waals surface area contributed by atoms with Crippen molar-refractivity contribution < 1.29 is 9.53 Å². The van der Waals surface area contributed by atoms with E-state index in [2.05, 4.69) is 9.97 Å². The number of ketones is 1. The number of carbonyl (C=O) groups is 1. The SMILES string of the molecule is O=C1CCOC(c2ccnc(Cl)n2)C1. The van der Waals surface area contributed by atoms with E-state index in [1.165, 1.54) is 0 Å². The van der Waals surface area contributed by atoms with Crippen LogP contribution < -0.4 is 0 Å². The summed E-state index contributed by atoms with van der Waals surface area (Å²) in [6.45, 7) is 0.463. The van der Waals surface area contributed by atoms with E-state index < -0.39 is 0 Å². The van der Waals surface area contributed by atoms with Gasteiger partial charge in [-0.1, -0.05) is 0 Å². The van der Waals surface area contributed by atoms with Gasteiger partial charge in [0.2, 0.25) is 5.28 Å². The van der Waals surface area contributed by atoms with Gasteiger partial charge in [0.25, 0.3) is 0 Å². The number of carbonyl (C=O) groups excluding carboxylic acids is 1. The maximum atomic E-state index is 11.2. The topological polar surface area (TPSA) is 52.1 Å². The van der Waals surface area contributed by atoms with Crippen LogP contribution in [0.15, 0.2) is 12.3 Å². The predicted octanol–water partition coefficient (Wildman–Crippen LogP) is 1.55. The largest absolute Gasteiger partial charge is 0.371 e. The van der Waals surface area contributed by atoms with E-state index in [1.54, 1.807) is 12.3 Å². The molecule has 2 heterocycles. The molecule has 0 bridgehead atoms. The van der Waals surface area contributed by atoms with E-state index in [9.17, 15) is 4.79 Å². The molecule has 0 aliphatic carbocycles. The van der Waals surface area contributed by atoms with Crippen LogP contribution in [0.1, 0.15) is 24.6 Å². The highest BCUT2D eigenvalue weighted by Gasteiger charge is 2.22. The van der Waals surface area contributed by atoms with Gasteiger partial charge in [0.05, 0.1) is 12.3 Å². The van der Waals surface area contributed by atoms with Crippen LogP contribution in [0.2, 0.25) is 5.28 Å². The molecule has 0 aromatic carbocycles. The first-order chi connectivity index (χ1) is 6.75. The molecule has 1 aliphatic heterocycles. The number of halogens is 1. The third kappa shape index (κ3) is 2.08. The predicted molar refractivity (Wildman–Crippen MR) is 50.0 cm³/mol. The Hall–Kier alpha value is -1.000. The lowest BCUT2D eigenvalue weighted by Gasteiger charge is -2.20. The minimum Gasteiger partial charge on any atom is -0.371 e. The number of hydrogen-bond acceptors (Lipinski definition) is 4. The van der Waals surface area contributed by atoms with Gasteiger partial charge >= 0.3 is 0 Å². The molecule has 0 saturated carbocycles. The molecule has 1 atom stereocenters. The summed E-state index contributed by atoms with van der Waals surface area (Å²) in [5, 5.41) is 0.184. The standard InChI is InChI=1S/C9H9ClN2O2/c10-9-11-3-1-7(12-9)8-5-6(13)2-4-14-8/h1,3,8H,2,4-5H2. The number of rotatable bonds is 1. The van der Waals surface area contributed by atoms with Gasteiger partial charge in [-0.05, 0) is 17.7 Å². The first-order valence-corrected chi connectivity index (χ1v) is 4.75. The Kier molecular flexibility index (Phi) is 2.74. The molecule has 0 N–H and O–H groups in total. The summed E-state index contributed by atoms with van der Waals surface area (Å²) in [6.07, 6.45) is 2.19. The van der Waals surface area contributed by atoms with E-state index in [4.69, 9.17) is 16.3 Å². The van der Waals surface area contributed by atoms with Crippen molar-refractivity contribution in [3.8, 4) is 0 Å². The minimum atomic E-state index is -0.253. The molecular weight excluding hydrogens is 204 g/mol. The van der Waals surface area contributed by atoms with Crippen molar-refractivity contribution in [2.45, 2.75) is 18.9 Å². The Balaban J connectivity index is 2.17. The average molecular weight is 213 g/mol. The summed E-state index contributed by atoms with van der Waals surface area (Å²) in [5.74, 6) is 0.205. The molecule has 5 heteroatoms. The molecule has 1 unspecified atom stereocenters. The van der Waals surface area contributed by atoms with Crippen molar-refractivity contribution in [1.29, 1.82) is 0 Å². The van der Waals surface area contributed by atoms with E-state index >= 15 is 0 Å². The van der Waals surface area contributed by atoms with Crippen LogP contribution in [0.5, 0.6) is 0 Å². The zero-order valence-electron chi connectivity index (χ0n) is 7.44. The number of hydrogen-bond donors (Lipinski definition) is 0. The second-order valence-electron chi connectivity index (χ2n) is 3.10. The smallest absolute Gasteiger partial charge is 0.222 e. The fourth-order valence-corrected chi connectivity index (χ4v) is 1.55. The van der Waals surface area contributed by atoms with Gasteiger partial charge in [0.1, 0.15) is 11.9 Å². The number of ether oxygens (including phenoxy) is 1. The third-order valence-electron chi connectivity index (χ3n) is 2.09. The van der Waals surface area contributed by atoms with E-state index in [0.29, 0.717) is 25.1 Å². The molecule has 1 aromatic heterocycles. The van der Waals surface area contributed by atoms with Crippen LogP contribution in [0.25, 0.3) is 0 Å². The van der Waals surface area contributed by atoms with Gasteiger partial charge in [-0.2, -0.15) is 0 Å². The Morgan fingerprint density at radius 2 is 2.43 bits per heavy atom. The fourth-order valence-electron chi connectivity index (χ4n) is 1.40. The number of nitrogens with zero attached hydrogens (tertiary/aromatic N) is 2. The van der Waals surface area contributed by atoms with E-state index in [1.807, 2.05) is 0 Å². The normalized spacial score (nSPS) is 22.4. The molecule has 1 aromatic rings. The Morgan fingerprint density at radius 1 is 1.57 bits per heavy atom. The molecule has 1 fully saturated rings. The van der Waals surface area contributed by atoms with Crippen LogP contribution in [0, 0.1) is 0 Å². The van der Waals surface area contributed by atoms with Crippen LogP contribution in [0.3, 0.4) is 0 Å². The van der Waals surface area contributed by atoms with Crippen LogP contribution in [-0.2, 0) is 9.53 Å². The van der Waals surface area contributed by atoms with Gasteiger partial charge < -0.3 is 4.74 Å². The van der Waals surface area contributed by atoms with Crippen molar-refractivity contribution in [3.05, 3.63) is 23.2 Å². The third-order valence-corrected chi connectivity index (χ3v) is 2.27. The molecule has 14 heavy (non-hydrogen) atoms. The molecule has 1 aliphatic rings. The van der Waals surface area contributed by atoms with Gasteiger partial charge in [0.15, 0.2) is 0 Å². The summed E-state index contributed by atoms with van der Waals surface area (Å²) in [7, 11) is 0. The first-order valence-electron chi connectivity index (χ1n) is 4.37. The summed E-state index contributed by atoms with van der Waals surface area (Å²) >= 11 is 5.64. The highest BCUT2D eigenvalue weighted by molar-refractivity contribution is 6.28. The number of aromatic nitrogens is 2. The lowest BCUT2D eigenvalue weighted by molar-refractivity contribution is -0.128. The molecule has 2 rings (SSSR count). The fraction of sp³-hybridized carbons (Fsp3) is 0.444. The van der Waals surface area contributed by atoms with Crippen LogP contribution in [-0.4, -0.2) is 22.4 Å². The summed E-state index contributed by atoms with van der Waals surface area (Å²) in [4.78, 5) is 19.0. The zero-order chi connectivity index (χ0) is 9.97. The van der Waals surface area contributed by atoms with E-state index in [0.717, 1.165) is 0 Å². The highest BCUT2D eigenvalue weighted by atomic mass is 35.5. The van der Waals surface area contributed by atoms with Crippen molar-refractivity contribution in [2.24, 2.45) is 0 Å². The first kappa shape index (κ1) is 9.55. The van der Waals surface area contributed by atoms with Crippen molar-refractivity contribution in [1.82, 2.24) is 9.97 Å². The molecule has 4 nitrogen and oxygen atoms in total. The second-order valence-corrected chi connectivity index (χ2v) is 3.44. The van der Waals surface area contributed by atoms with Crippen LogP contribution in [0.4, 0.5) is 0 Å². The monoisotopic (exact) mass is 212 g/mol. The molecule has 1 saturated heterocycles. The maximum Gasteiger partial charge on any atom is 0.222 e. The Bertz CT molecular complexity index is 356. The lowest BCUT2D eigenvalue weighted by Crippen LogP contribution is -2.20. The molecule has 0 spiro atoms. The zero-order valence-corrected chi connectivity index (χ0v) is 8.20. The molecule has 0 amide bonds. The van der Waals surface area contributed by atoms with Gasteiger partial charge in [0, 0.05) is 19.0 Å². The minimum absolute atomic E-state index is 0.184. The second kappa shape index (κ2) is 4.02. The lowest BCUT2D eigenvalue weighted by atomic mass is 10.1. The molecule has 0 radical (unpaired) electrons. The Labute approximate surface area is 86.3 Å². The molecular formula is C9H9ClN2O2. The van der Waals surface area contributed by atoms with Crippen LogP contribution >= 0.6 is 11.6 Å². The van der Waals surface area contributed by atoms with E-state index in [-0.39, 0.29) is 17.2 Å². The average Bonchev–Trinajstić information content (AvgIpc) is 2.18. The maximum absolute atomic E-state index is 11.2. The van der Waals surface area contributed by atoms with Crippen molar-refractivity contribution >= 4 is 17.4 Å². The summed E-state index contributed by atoms with van der Waals surface area (Å²) in [5.41, 5.74) is 0.679. The molecule has 74 valence electrons. The van der Waals surface area contributed by atoms with Crippen molar-refractivity contribution in [2.75, 3.05) is 6.61 Å². The van der Waals surface area contributed by atoms with Gasteiger partial charge in [-0.3, -0.25) is 4.79 Å². The van der Waals surface area contributed by atoms with Gasteiger partial charge in [-0.25, -0.2) is 9.97 Å². The number of Topliss-reactive ketones (excluding diaryl/α,β-unsaturated/α-hetero) is 1. The van der Waals surface area contributed by atoms with Gasteiger partial charge in [-0.15, -0.1) is 0 Å². The summed E-state index contributed by atoms with van der Waals surface area (Å²) in [6, 6.07) is 1.72. The quantitative estimate of drug-likeness (QED) is 0.663. The Morgan fingerprint density at radius 3 is 3.14 bits per heavy atom. The highest BCUT2D eigenvalue weighted by Crippen LogP contribution is 2.24. The summed E-state index contributed by atoms with van der Waals surface area (Å²) < 4.78 is 5.42.